The lowest BCUT2D eigenvalue weighted by Gasteiger charge is -2.05. The van der Waals surface area contributed by atoms with E-state index in [0.717, 1.165) is 10.3 Å². The molecule has 0 aliphatic rings. The largest absolute Gasteiger partial charge is 0.618 e. The average molecular weight is 239 g/mol. The van der Waals surface area contributed by atoms with Crippen molar-refractivity contribution in [3.05, 3.63) is 70.9 Å². The molecule has 2 nitrogen and oxygen atoms in total. The van der Waals surface area contributed by atoms with Crippen molar-refractivity contribution in [2.45, 2.75) is 19.8 Å². The van der Waals surface area contributed by atoms with Crippen LogP contribution in [0.25, 0.3) is 0 Å². The van der Waals surface area contributed by atoms with Gasteiger partial charge in [0.15, 0.2) is 6.21 Å². The van der Waals surface area contributed by atoms with Crippen molar-refractivity contribution < 1.29 is 4.74 Å². The Balaban J connectivity index is 2.23. The molecule has 0 fully saturated rings. The lowest BCUT2D eigenvalue weighted by Crippen LogP contribution is -1.98. The highest BCUT2D eigenvalue weighted by Crippen LogP contribution is 2.14. The van der Waals surface area contributed by atoms with E-state index >= 15 is 0 Å². The van der Waals surface area contributed by atoms with E-state index < -0.39 is 0 Å². The van der Waals surface area contributed by atoms with E-state index in [1.165, 1.54) is 5.56 Å². The fourth-order valence-electron chi connectivity index (χ4n) is 1.75. The number of para-hydroxylation sites is 1. The van der Waals surface area contributed by atoms with Crippen LogP contribution in [-0.4, -0.2) is 11.0 Å². The van der Waals surface area contributed by atoms with Gasteiger partial charge in [-0.05, 0) is 23.6 Å². The first kappa shape index (κ1) is 12.4. The topological polar surface area (TPSA) is 26.1 Å². The molecule has 92 valence electrons. The highest BCUT2D eigenvalue weighted by Gasteiger charge is 2.02. The van der Waals surface area contributed by atoms with Crippen molar-refractivity contribution in [2.24, 2.45) is 0 Å². The van der Waals surface area contributed by atoms with Crippen molar-refractivity contribution in [3.8, 4) is 0 Å². The molecular formula is C16H17NO. The van der Waals surface area contributed by atoms with Gasteiger partial charge in [0.05, 0.1) is 0 Å². The van der Waals surface area contributed by atoms with Gasteiger partial charge in [0.1, 0.15) is 0 Å². The Hall–Kier alpha value is -2.09. The van der Waals surface area contributed by atoms with Gasteiger partial charge in [-0.25, -0.2) is 0 Å². The number of hydrogen-bond donors (Lipinski definition) is 0. The van der Waals surface area contributed by atoms with Crippen LogP contribution >= 0.6 is 0 Å². The summed E-state index contributed by atoms with van der Waals surface area (Å²) < 4.78 is 0.893. The van der Waals surface area contributed by atoms with Crippen LogP contribution in [-0.2, 0) is 0 Å². The summed E-state index contributed by atoms with van der Waals surface area (Å²) in [5.41, 5.74) is 2.84. The second-order valence-corrected chi connectivity index (χ2v) is 4.61. The zero-order valence-corrected chi connectivity index (χ0v) is 10.7. The van der Waals surface area contributed by atoms with E-state index in [-0.39, 0.29) is 0 Å². The van der Waals surface area contributed by atoms with Gasteiger partial charge in [-0.2, -0.15) is 4.74 Å². The van der Waals surface area contributed by atoms with E-state index in [0.29, 0.717) is 11.6 Å². The molecule has 0 aliphatic heterocycles. The standard InChI is InChI=1S/C16H17NO/c1-13(2)15-10-8-14(9-11-15)12-17(18)16-6-4-3-5-7-16/h3-13H,1-2H3/b17-12+. The third kappa shape index (κ3) is 2.98. The minimum absolute atomic E-state index is 0.511. The molecule has 18 heavy (non-hydrogen) atoms. The van der Waals surface area contributed by atoms with Gasteiger partial charge in [-0.3, -0.25) is 0 Å². The lowest BCUT2D eigenvalue weighted by molar-refractivity contribution is -0.354. The van der Waals surface area contributed by atoms with Crippen LogP contribution in [0.1, 0.15) is 30.9 Å². The van der Waals surface area contributed by atoms with Gasteiger partial charge in [0.2, 0.25) is 5.69 Å². The van der Waals surface area contributed by atoms with E-state index in [4.69, 9.17) is 0 Å². The molecule has 0 unspecified atom stereocenters. The zero-order valence-electron chi connectivity index (χ0n) is 10.7. The molecule has 2 aromatic rings. The van der Waals surface area contributed by atoms with E-state index in [9.17, 15) is 5.21 Å². The first-order valence-electron chi connectivity index (χ1n) is 6.13. The predicted molar refractivity (Wildman–Crippen MR) is 75.4 cm³/mol. The van der Waals surface area contributed by atoms with Crippen LogP contribution in [0.15, 0.2) is 54.6 Å². The van der Waals surface area contributed by atoms with Crippen molar-refractivity contribution in [1.82, 2.24) is 0 Å². The van der Waals surface area contributed by atoms with Crippen LogP contribution < -0.4 is 0 Å². The maximum Gasteiger partial charge on any atom is 0.216 e. The Morgan fingerprint density at radius 1 is 0.944 bits per heavy atom. The Kier molecular flexibility index (Phi) is 3.78. The monoisotopic (exact) mass is 239 g/mol. The number of rotatable bonds is 3. The minimum Gasteiger partial charge on any atom is -0.618 e. The molecule has 0 saturated carbocycles. The second kappa shape index (κ2) is 5.50. The summed E-state index contributed by atoms with van der Waals surface area (Å²) in [7, 11) is 0. The second-order valence-electron chi connectivity index (χ2n) is 4.61. The third-order valence-electron chi connectivity index (χ3n) is 2.88. The fourth-order valence-corrected chi connectivity index (χ4v) is 1.75. The summed E-state index contributed by atoms with van der Waals surface area (Å²) in [6.07, 6.45) is 1.60. The van der Waals surface area contributed by atoms with Gasteiger partial charge in [-0.15, -0.1) is 0 Å². The quantitative estimate of drug-likeness (QED) is 0.343. The SMILES string of the molecule is CC(C)c1ccc(/C=[N+](/[O-])c2ccccc2)cc1. The van der Waals surface area contributed by atoms with Crippen molar-refractivity contribution in [1.29, 1.82) is 0 Å². The van der Waals surface area contributed by atoms with Crippen LogP contribution in [0, 0.1) is 5.21 Å². The zero-order chi connectivity index (χ0) is 13.0. The first-order chi connectivity index (χ1) is 8.66. The van der Waals surface area contributed by atoms with Crippen molar-refractivity contribution in [2.75, 3.05) is 0 Å². The predicted octanol–water partition coefficient (Wildman–Crippen LogP) is 4.07. The number of hydrogen-bond acceptors (Lipinski definition) is 1. The van der Waals surface area contributed by atoms with E-state index in [2.05, 4.69) is 26.0 Å². The molecule has 0 atom stereocenters. The molecule has 0 amide bonds. The van der Waals surface area contributed by atoms with Gasteiger partial charge < -0.3 is 5.21 Å². The average Bonchev–Trinajstić information content (AvgIpc) is 2.40. The van der Waals surface area contributed by atoms with Gasteiger partial charge in [0, 0.05) is 17.7 Å². The summed E-state index contributed by atoms with van der Waals surface area (Å²) in [6.45, 7) is 4.31. The normalized spacial score (nSPS) is 11.8. The highest BCUT2D eigenvalue weighted by atomic mass is 16.5. The molecule has 2 heteroatoms. The minimum atomic E-state index is 0.511. The molecule has 0 aromatic heterocycles. The maximum atomic E-state index is 11.9. The van der Waals surface area contributed by atoms with Crippen LogP contribution in [0.2, 0.25) is 0 Å². The Morgan fingerprint density at radius 3 is 2.11 bits per heavy atom. The molecular weight excluding hydrogens is 222 g/mol. The molecule has 0 aliphatic carbocycles. The summed E-state index contributed by atoms with van der Waals surface area (Å²) >= 11 is 0. The Labute approximate surface area is 108 Å². The molecule has 0 saturated heterocycles. The Bertz CT molecular complexity index is 527. The number of nitrogens with zero attached hydrogens (tertiary/aromatic N) is 1. The highest BCUT2D eigenvalue weighted by molar-refractivity contribution is 5.76. The molecule has 0 N–H and O–H groups in total. The Morgan fingerprint density at radius 2 is 1.56 bits per heavy atom. The number of benzene rings is 2. The summed E-state index contributed by atoms with van der Waals surface area (Å²) in [6, 6.07) is 17.3. The van der Waals surface area contributed by atoms with Crippen LogP contribution in [0.4, 0.5) is 5.69 Å². The van der Waals surface area contributed by atoms with Gasteiger partial charge in [0.25, 0.3) is 0 Å². The molecule has 0 spiro atoms. The lowest BCUT2D eigenvalue weighted by atomic mass is 10.0. The van der Waals surface area contributed by atoms with E-state index in [1.54, 1.807) is 18.3 Å². The molecule has 2 rings (SSSR count). The fraction of sp³-hybridized carbons (Fsp3) is 0.188. The van der Waals surface area contributed by atoms with Gasteiger partial charge in [-0.1, -0.05) is 44.2 Å². The smallest absolute Gasteiger partial charge is 0.216 e. The molecule has 0 heterocycles. The van der Waals surface area contributed by atoms with E-state index in [1.807, 2.05) is 30.3 Å². The summed E-state index contributed by atoms with van der Waals surface area (Å²) in [4.78, 5) is 0. The van der Waals surface area contributed by atoms with Crippen LogP contribution in [0.5, 0.6) is 0 Å². The molecule has 0 bridgehead atoms. The summed E-state index contributed by atoms with van der Waals surface area (Å²) in [5.74, 6) is 0.511. The van der Waals surface area contributed by atoms with Gasteiger partial charge >= 0.3 is 0 Å². The van der Waals surface area contributed by atoms with Crippen molar-refractivity contribution >= 4 is 11.9 Å². The van der Waals surface area contributed by atoms with Crippen molar-refractivity contribution in [3.63, 3.8) is 0 Å². The first-order valence-corrected chi connectivity index (χ1v) is 6.13. The molecule has 2 aromatic carbocycles. The maximum absolute atomic E-state index is 11.9. The third-order valence-corrected chi connectivity index (χ3v) is 2.88. The summed E-state index contributed by atoms with van der Waals surface area (Å²) in [5, 5.41) is 11.9. The van der Waals surface area contributed by atoms with Crippen LogP contribution in [0.3, 0.4) is 0 Å². The molecule has 0 radical (unpaired) electrons.